The summed E-state index contributed by atoms with van der Waals surface area (Å²) in [5.74, 6) is 0.858. The first-order valence-corrected chi connectivity index (χ1v) is 7.10. The van der Waals surface area contributed by atoms with Crippen LogP contribution in [-0.2, 0) is 0 Å². The minimum Gasteiger partial charge on any atom is -0.307 e. The number of halogens is 1. The SMILES string of the molecule is CCC1CCCC1N[C@H](C)c1cccc(Cl)c1. The summed E-state index contributed by atoms with van der Waals surface area (Å²) in [7, 11) is 0. The van der Waals surface area contributed by atoms with Gasteiger partial charge in [0.25, 0.3) is 0 Å². The Labute approximate surface area is 110 Å². The van der Waals surface area contributed by atoms with Gasteiger partial charge in [0.1, 0.15) is 0 Å². The van der Waals surface area contributed by atoms with E-state index in [2.05, 4.69) is 31.3 Å². The molecule has 0 radical (unpaired) electrons. The summed E-state index contributed by atoms with van der Waals surface area (Å²) >= 11 is 6.03. The number of rotatable bonds is 4. The molecule has 0 aromatic heterocycles. The number of hydrogen-bond donors (Lipinski definition) is 1. The zero-order valence-electron chi connectivity index (χ0n) is 10.7. The maximum absolute atomic E-state index is 6.03. The highest BCUT2D eigenvalue weighted by Crippen LogP contribution is 2.30. The third-order valence-electron chi connectivity index (χ3n) is 4.00. The van der Waals surface area contributed by atoms with Crippen LogP contribution in [0.4, 0.5) is 0 Å². The molecule has 1 N–H and O–H groups in total. The van der Waals surface area contributed by atoms with Crippen molar-refractivity contribution < 1.29 is 0 Å². The summed E-state index contributed by atoms with van der Waals surface area (Å²) in [6, 6.07) is 9.26. The smallest absolute Gasteiger partial charge is 0.0409 e. The van der Waals surface area contributed by atoms with Crippen LogP contribution in [0.15, 0.2) is 24.3 Å². The maximum Gasteiger partial charge on any atom is 0.0409 e. The second-order valence-corrected chi connectivity index (χ2v) is 5.59. The van der Waals surface area contributed by atoms with E-state index in [9.17, 15) is 0 Å². The number of benzene rings is 1. The zero-order valence-corrected chi connectivity index (χ0v) is 11.5. The average Bonchev–Trinajstić information content (AvgIpc) is 2.76. The van der Waals surface area contributed by atoms with Gasteiger partial charge in [0, 0.05) is 17.1 Å². The van der Waals surface area contributed by atoms with E-state index in [1.165, 1.54) is 31.2 Å². The molecule has 0 aliphatic heterocycles. The third-order valence-corrected chi connectivity index (χ3v) is 4.23. The Morgan fingerprint density at radius 2 is 2.24 bits per heavy atom. The van der Waals surface area contributed by atoms with Gasteiger partial charge in [-0.25, -0.2) is 0 Å². The van der Waals surface area contributed by atoms with E-state index in [4.69, 9.17) is 11.6 Å². The van der Waals surface area contributed by atoms with Crippen molar-refractivity contribution in [1.29, 1.82) is 0 Å². The molecule has 1 aliphatic carbocycles. The third kappa shape index (κ3) is 3.23. The Morgan fingerprint density at radius 1 is 1.41 bits per heavy atom. The summed E-state index contributed by atoms with van der Waals surface area (Å²) in [6.45, 7) is 4.53. The Kier molecular flexibility index (Phi) is 4.47. The number of nitrogens with one attached hydrogen (secondary N) is 1. The molecule has 2 unspecified atom stereocenters. The molecule has 0 amide bonds. The van der Waals surface area contributed by atoms with Gasteiger partial charge in [0.15, 0.2) is 0 Å². The molecule has 1 aromatic rings. The molecule has 94 valence electrons. The molecule has 1 nitrogen and oxygen atoms in total. The summed E-state index contributed by atoms with van der Waals surface area (Å²) in [6.07, 6.45) is 5.37. The van der Waals surface area contributed by atoms with E-state index in [1.54, 1.807) is 0 Å². The molecule has 2 rings (SSSR count). The van der Waals surface area contributed by atoms with Crippen LogP contribution in [0, 0.1) is 5.92 Å². The Balaban J connectivity index is 1.99. The van der Waals surface area contributed by atoms with Crippen LogP contribution in [0.5, 0.6) is 0 Å². The zero-order chi connectivity index (χ0) is 12.3. The molecule has 17 heavy (non-hydrogen) atoms. The molecule has 3 atom stereocenters. The van der Waals surface area contributed by atoms with Crippen LogP contribution in [0.25, 0.3) is 0 Å². The highest BCUT2D eigenvalue weighted by atomic mass is 35.5. The van der Waals surface area contributed by atoms with Crippen molar-refractivity contribution in [3.05, 3.63) is 34.9 Å². The van der Waals surface area contributed by atoms with Crippen molar-refractivity contribution in [2.75, 3.05) is 0 Å². The Bertz CT molecular complexity index is 364. The standard InChI is InChI=1S/C15H22ClN/c1-3-12-6-5-9-15(12)17-11(2)13-7-4-8-14(16)10-13/h4,7-8,10-12,15,17H,3,5-6,9H2,1-2H3/t11-,12?,15?/m1/s1. The van der Waals surface area contributed by atoms with Crippen LogP contribution in [0.2, 0.25) is 5.02 Å². The van der Waals surface area contributed by atoms with Crippen molar-refractivity contribution >= 4 is 11.6 Å². The number of hydrogen-bond acceptors (Lipinski definition) is 1. The molecule has 0 spiro atoms. The topological polar surface area (TPSA) is 12.0 Å². The Morgan fingerprint density at radius 3 is 2.94 bits per heavy atom. The average molecular weight is 252 g/mol. The molecule has 0 bridgehead atoms. The normalized spacial score (nSPS) is 26.1. The van der Waals surface area contributed by atoms with E-state index >= 15 is 0 Å². The van der Waals surface area contributed by atoms with Gasteiger partial charge < -0.3 is 5.32 Å². The van der Waals surface area contributed by atoms with Crippen molar-refractivity contribution in [1.82, 2.24) is 5.32 Å². The predicted octanol–water partition coefficient (Wildman–Crippen LogP) is 4.57. The summed E-state index contributed by atoms with van der Waals surface area (Å²) in [5.41, 5.74) is 1.29. The van der Waals surface area contributed by atoms with Gasteiger partial charge >= 0.3 is 0 Å². The molecule has 1 saturated carbocycles. The van der Waals surface area contributed by atoms with Gasteiger partial charge in [-0.2, -0.15) is 0 Å². The molecule has 0 heterocycles. The van der Waals surface area contributed by atoms with E-state index in [0.717, 1.165) is 10.9 Å². The fourth-order valence-corrected chi connectivity index (χ4v) is 3.14. The van der Waals surface area contributed by atoms with Crippen molar-refractivity contribution in [3.8, 4) is 0 Å². The van der Waals surface area contributed by atoms with Gasteiger partial charge in [-0.3, -0.25) is 0 Å². The van der Waals surface area contributed by atoms with Gasteiger partial charge in [0.05, 0.1) is 0 Å². The first kappa shape index (κ1) is 12.9. The fourth-order valence-electron chi connectivity index (χ4n) is 2.94. The summed E-state index contributed by atoms with van der Waals surface area (Å²) in [4.78, 5) is 0. The molecule has 1 aromatic carbocycles. The lowest BCUT2D eigenvalue weighted by Crippen LogP contribution is -2.34. The molecule has 1 fully saturated rings. The van der Waals surface area contributed by atoms with E-state index in [0.29, 0.717) is 12.1 Å². The van der Waals surface area contributed by atoms with Crippen LogP contribution < -0.4 is 5.32 Å². The van der Waals surface area contributed by atoms with E-state index in [-0.39, 0.29) is 0 Å². The minimum absolute atomic E-state index is 0.394. The largest absolute Gasteiger partial charge is 0.307 e. The second kappa shape index (κ2) is 5.88. The Hall–Kier alpha value is -0.530. The monoisotopic (exact) mass is 251 g/mol. The highest BCUT2D eigenvalue weighted by molar-refractivity contribution is 6.30. The highest BCUT2D eigenvalue weighted by Gasteiger charge is 2.26. The molecule has 2 heteroatoms. The molecular weight excluding hydrogens is 230 g/mol. The van der Waals surface area contributed by atoms with Crippen LogP contribution >= 0.6 is 11.6 Å². The molecule has 0 saturated heterocycles. The van der Waals surface area contributed by atoms with Crippen molar-refractivity contribution in [2.45, 2.75) is 51.6 Å². The van der Waals surface area contributed by atoms with Gasteiger partial charge in [-0.1, -0.05) is 43.5 Å². The van der Waals surface area contributed by atoms with Gasteiger partial charge in [-0.05, 0) is 43.4 Å². The summed E-state index contributed by atoms with van der Waals surface area (Å²) in [5, 5.41) is 4.59. The van der Waals surface area contributed by atoms with Gasteiger partial charge in [-0.15, -0.1) is 0 Å². The minimum atomic E-state index is 0.394. The maximum atomic E-state index is 6.03. The molecule has 1 aliphatic rings. The predicted molar refractivity (Wildman–Crippen MR) is 74.4 cm³/mol. The molecular formula is C15H22ClN. The van der Waals surface area contributed by atoms with Crippen LogP contribution in [0.1, 0.15) is 51.1 Å². The van der Waals surface area contributed by atoms with Crippen molar-refractivity contribution in [3.63, 3.8) is 0 Å². The fraction of sp³-hybridized carbons (Fsp3) is 0.600. The first-order valence-electron chi connectivity index (χ1n) is 6.72. The lowest BCUT2D eigenvalue weighted by atomic mass is 9.98. The van der Waals surface area contributed by atoms with E-state index < -0.39 is 0 Å². The van der Waals surface area contributed by atoms with Crippen molar-refractivity contribution in [2.24, 2.45) is 5.92 Å². The first-order chi connectivity index (χ1) is 8.20. The lowest BCUT2D eigenvalue weighted by Gasteiger charge is -2.24. The van der Waals surface area contributed by atoms with Crippen LogP contribution in [0.3, 0.4) is 0 Å². The quantitative estimate of drug-likeness (QED) is 0.827. The second-order valence-electron chi connectivity index (χ2n) is 5.15. The van der Waals surface area contributed by atoms with Gasteiger partial charge in [0.2, 0.25) is 0 Å². The summed E-state index contributed by atoms with van der Waals surface area (Å²) < 4.78 is 0. The van der Waals surface area contributed by atoms with Crippen LogP contribution in [-0.4, -0.2) is 6.04 Å². The lowest BCUT2D eigenvalue weighted by molar-refractivity contribution is 0.360. The van der Waals surface area contributed by atoms with E-state index in [1.807, 2.05) is 12.1 Å².